The standard InChI is InChI=1S/C13H11N3O2S/c1-18-10-3-2-8-4-9(6-14)13(16-11(8)5-10)19-7-12(15)17/h2-5H,7H2,1H3,(H2,15,17). The van der Waals surface area contributed by atoms with Crippen LogP contribution in [0.2, 0.25) is 0 Å². The number of hydrogen-bond donors (Lipinski definition) is 1. The van der Waals surface area contributed by atoms with Gasteiger partial charge in [-0.05, 0) is 18.2 Å². The first-order chi connectivity index (χ1) is 9.13. The first kappa shape index (κ1) is 13.2. The van der Waals surface area contributed by atoms with Gasteiger partial charge in [0.15, 0.2) is 0 Å². The van der Waals surface area contributed by atoms with Gasteiger partial charge in [-0.25, -0.2) is 4.98 Å². The molecule has 2 rings (SSSR count). The molecule has 1 heterocycles. The molecule has 0 radical (unpaired) electrons. The number of nitrogens with zero attached hydrogens (tertiary/aromatic N) is 2. The maximum absolute atomic E-state index is 10.8. The Balaban J connectivity index is 2.49. The Morgan fingerprint density at radius 3 is 2.95 bits per heavy atom. The van der Waals surface area contributed by atoms with E-state index in [0.29, 0.717) is 21.9 Å². The molecule has 0 aliphatic rings. The molecule has 0 atom stereocenters. The van der Waals surface area contributed by atoms with Crippen LogP contribution in [0.25, 0.3) is 10.9 Å². The molecule has 0 fully saturated rings. The molecular formula is C13H11N3O2S. The van der Waals surface area contributed by atoms with Crippen LogP contribution >= 0.6 is 11.8 Å². The second kappa shape index (κ2) is 5.59. The molecule has 0 spiro atoms. The maximum atomic E-state index is 10.8. The van der Waals surface area contributed by atoms with Crippen LogP contribution in [0.4, 0.5) is 0 Å². The van der Waals surface area contributed by atoms with E-state index >= 15 is 0 Å². The number of carbonyl (C=O) groups excluding carboxylic acids is 1. The number of primary amides is 1. The van der Waals surface area contributed by atoms with E-state index < -0.39 is 5.91 Å². The second-order valence-corrected chi connectivity index (χ2v) is 4.73. The minimum Gasteiger partial charge on any atom is -0.497 e. The molecule has 1 amide bonds. The number of methoxy groups -OCH3 is 1. The van der Waals surface area contributed by atoms with Crippen molar-refractivity contribution in [2.24, 2.45) is 5.73 Å². The summed E-state index contributed by atoms with van der Waals surface area (Å²) in [5.74, 6) is 0.342. The van der Waals surface area contributed by atoms with Crippen LogP contribution in [0.1, 0.15) is 5.56 Å². The SMILES string of the molecule is COc1ccc2cc(C#N)c(SCC(N)=O)nc2c1. The predicted octanol–water partition coefficient (Wildman–Crippen LogP) is 1.69. The lowest BCUT2D eigenvalue weighted by Gasteiger charge is -2.06. The Kier molecular flexibility index (Phi) is 3.88. The molecule has 0 aliphatic carbocycles. The number of aromatic nitrogens is 1. The Hall–Kier alpha value is -2.26. The fourth-order valence-electron chi connectivity index (χ4n) is 1.59. The molecule has 5 nitrogen and oxygen atoms in total. The van der Waals surface area contributed by atoms with E-state index in [4.69, 9.17) is 15.7 Å². The largest absolute Gasteiger partial charge is 0.497 e. The van der Waals surface area contributed by atoms with E-state index in [1.54, 1.807) is 25.3 Å². The van der Waals surface area contributed by atoms with Gasteiger partial charge < -0.3 is 10.5 Å². The summed E-state index contributed by atoms with van der Waals surface area (Å²) < 4.78 is 5.13. The molecule has 0 saturated heterocycles. The van der Waals surface area contributed by atoms with E-state index in [0.717, 1.165) is 17.1 Å². The molecule has 1 aromatic heterocycles. The first-order valence-electron chi connectivity index (χ1n) is 5.44. The van der Waals surface area contributed by atoms with Gasteiger partial charge in [0, 0.05) is 11.5 Å². The highest BCUT2D eigenvalue weighted by molar-refractivity contribution is 8.00. The summed E-state index contributed by atoms with van der Waals surface area (Å²) in [5, 5.41) is 10.4. The zero-order valence-corrected chi connectivity index (χ0v) is 11.0. The number of amides is 1. The van der Waals surface area contributed by atoms with E-state index in [1.165, 1.54) is 0 Å². The molecule has 19 heavy (non-hydrogen) atoms. The zero-order chi connectivity index (χ0) is 13.8. The van der Waals surface area contributed by atoms with Gasteiger partial charge in [0.2, 0.25) is 5.91 Å². The van der Waals surface area contributed by atoms with Gasteiger partial charge in [0.05, 0.1) is 23.9 Å². The van der Waals surface area contributed by atoms with Gasteiger partial charge in [-0.2, -0.15) is 5.26 Å². The topological polar surface area (TPSA) is 89.0 Å². The number of hydrogen-bond acceptors (Lipinski definition) is 5. The third kappa shape index (κ3) is 2.95. The lowest BCUT2D eigenvalue weighted by atomic mass is 10.1. The average Bonchev–Trinajstić information content (AvgIpc) is 2.43. The Labute approximate surface area is 114 Å². The second-order valence-electron chi connectivity index (χ2n) is 3.77. The molecule has 2 N–H and O–H groups in total. The van der Waals surface area contributed by atoms with Crippen molar-refractivity contribution in [3.63, 3.8) is 0 Å². The summed E-state index contributed by atoms with van der Waals surface area (Å²) in [5.41, 5.74) is 6.25. The van der Waals surface area contributed by atoms with Crippen molar-refractivity contribution in [3.8, 4) is 11.8 Å². The number of carbonyl (C=O) groups is 1. The number of benzene rings is 1. The molecule has 0 bridgehead atoms. The lowest BCUT2D eigenvalue weighted by Crippen LogP contribution is -2.13. The fourth-order valence-corrected chi connectivity index (χ4v) is 2.29. The monoisotopic (exact) mass is 273 g/mol. The van der Waals surface area contributed by atoms with Gasteiger partial charge in [-0.15, -0.1) is 0 Å². The molecule has 0 aliphatic heterocycles. The Morgan fingerprint density at radius 2 is 2.32 bits per heavy atom. The van der Waals surface area contributed by atoms with Crippen molar-refractivity contribution in [2.75, 3.05) is 12.9 Å². The van der Waals surface area contributed by atoms with Crippen LogP contribution in [-0.4, -0.2) is 23.8 Å². The van der Waals surface area contributed by atoms with E-state index in [9.17, 15) is 4.79 Å². The zero-order valence-electron chi connectivity index (χ0n) is 10.2. The number of rotatable bonds is 4. The first-order valence-corrected chi connectivity index (χ1v) is 6.42. The number of pyridine rings is 1. The van der Waals surface area contributed by atoms with E-state index in [-0.39, 0.29) is 5.75 Å². The predicted molar refractivity (Wildman–Crippen MR) is 72.9 cm³/mol. The van der Waals surface area contributed by atoms with Crippen LogP contribution in [0.15, 0.2) is 29.3 Å². The summed E-state index contributed by atoms with van der Waals surface area (Å²) in [6, 6.07) is 9.24. The van der Waals surface area contributed by atoms with E-state index in [2.05, 4.69) is 11.1 Å². The van der Waals surface area contributed by atoms with Gasteiger partial charge in [0.1, 0.15) is 16.8 Å². The van der Waals surface area contributed by atoms with Crippen LogP contribution < -0.4 is 10.5 Å². The minimum absolute atomic E-state index is 0.0944. The summed E-state index contributed by atoms with van der Waals surface area (Å²) >= 11 is 1.16. The minimum atomic E-state index is -0.443. The fraction of sp³-hybridized carbons (Fsp3) is 0.154. The lowest BCUT2D eigenvalue weighted by molar-refractivity contribution is -0.115. The van der Waals surface area contributed by atoms with Crippen LogP contribution in [0.5, 0.6) is 5.75 Å². The smallest absolute Gasteiger partial charge is 0.227 e. The normalized spacial score (nSPS) is 10.1. The van der Waals surface area contributed by atoms with Gasteiger partial charge >= 0.3 is 0 Å². The number of thioether (sulfide) groups is 1. The third-order valence-corrected chi connectivity index (χ3v) is 3.47. The number of nitrogens with two attached hydrogens (primary N) is 1. The van der Waals surface area contributed by atoms with Gasteiger partial charge in [-0.3, -0.25) is 4.79 Å². The Bertz CT molecular complexity index is 679. The summed E-state index contributed by atoms with van der Waals surface area (Å²) in [6.07, 6.45) is 0. The summed E-state index contributed by atoms with van der Waals surface area (Å²) in [6.45, 7) is 0. The number of nitriles is 1. The van der Waals surface area contributed by atoms with Crippen molar-refractivity contribution in [3.05, 3.63) is 29.8 Å². The van der Waals surface area contributed by atoms with Crippen molar-refractivity contribution in [1.82, 2.24) is 4.98 Å². The van der Waals surface area contributed by atoms with Crippen molar-refractivity contribution in [1.29, 1.82) is 5.26 Å². The third-order valence-electron chi connectivity index (χ3n) is 2.46. The average molecular weight is 273 g/mol. The highest BCUT2D eigenvalue weighted by Crippen LogP contribution is 2.26. The molecule has 96 valence electrons. The van der Waals surface area contributed by atoms with Crippen LogP contribution in [-0.2, 0) is 4.79 Å². The van der Waals surface area contributed by atoms with Crippen LogP contribution in [0.3, 0.4) is 0 Å². The number of fused-ring (bicyclic) bond motifs is 1. The molecule has 2 aromatic rings. The molecule has 1 aromatic carbocycles. The van der Waals surface area contributed by atoms with Crippen molar-refractivity contribution in [2.45, 2.75) is 5.03 Å². The van der Waals surface area contributed by atoms with Crippen molar-refractivity contribution < 1.29 is 9.53 Å². The highest BCUT2D eigenvalue weighted by Gasteiger charge is 2.09. The molecular weight excluding hydrogens is 262 g/mol. The van der Waals surface area contributed by atoms with E-state index in [1.807, 2.05) is 6.07 Å². The number of ether oxygens (including phenoxy) is 1. The quantitative estimate of drug-likeness (QED) is 0.856. The Morgan fingerprint density at radius 1 is 1.53 bits per heavy atom. The summed E-state index contributed by atoms with van der Waals surface area (Å²) in [4.78, 5) is 15.2. The van der Waals surface area contributed by atoms with Crippen LogP contribution in [0, 0.1) is 11.3 Å². The molecule has 0 saturated carbocycles. The molecule has 0 unspecified atom stereocenters. The maximum Gasteiger partial charge on any atom is 0.227 e. The summed E-state index contributed by atoms with van der Waals surface area (Å²) in [7, 11) is 1.58. The highest BCUT2D eigenvalue weighted by atomic mass is 32.2. The van der Waals surface area contributed by atoms with Gasteiger partial charge in [-0.1, -0.05) is 11.8 Å². The van der Waals surface area contributed by atoms with Crippen molar-refractivity contribution >= 4 is 28.6 Å². The molecule has 6 heteroatoms. The van der Waals surface area contributed by atoms with Gasteiger partial charge in [0.25, 0.3) is 0 Å².